The molecule has 0 saturated heterocycles. The Morgan fingerprint density at radius 3 is 2.13 bits per heavy atom. The summed E-state index contributed by atoms with van der Waals surface area (Å²) < 4.78 is 0. The fourth-order valence-electron chi connectivity index (χ4n) is 1.33. The summed E-state index contributed by atoms with van der Waals surface area (Å²) in [6.45, 7) is 7.80. The third-order valence-electron chi connectivity index (χ3n) is 2.43. The van der Waals surface area contributed by atoms with Crippen molar-refractivity contribution in [1.29, 1.82) is 0 Å². The number of nitrogens with one attached hydrogen (secondary N) is 1. The number of nitrogens with two attached hydrogens (primary N) is 1. The topological polar surface area (TPSA) is 72.2 Å². The Bertz CT molecular complexity index is 227. The van der Waals surface area contributed by atoms with Crippen LogP contribution in [0.4, 0.5) is 0 Å². The Hall–Kier alpha value is -1.06. The van der Waals surface area contributed by atoms with Crippen LogP contribution < -0.4 is 11.1 Å². The third-order valence-corrected chi connectivity index (χ3v) is 2.43. The predicted octanol–water partition coefficient (Wildman–Crippen LogP) is 1.05. The van der Waals surface area contributed by atoms with E-state index in [1.54, 1.807) is 0 Å². The van der Waals surface area contributed by atoms with Crippen LogP contribution in [0, 0.1) is 11.8 Å². The minimum Gasteiger partial charge on any atom is -0.368 e. The molecule has 0 fully saturated rings. The molecule has 0 rings (SSSR count). The van der Waals surface area contributed by atoms with Crippen LogP contribution in [-0.2, 0) is 9.59 Å². The maximum Gasteiger partial charge on any atom is 0.240 e. The number of rotatable bonds is 6. The van der Waals surface area contributed by atoms with Crippen LogP contribution in [0.25, 0.3) is 0 Å². The van der Waals surface area contributed by atoms with Crippen LogP contribution in [-0.4, -0.2) is 17.9 Å². The van der Waals surface area contributed by atoms with Gasteiger partial charge in [0.15, 0.2) is 0 Å². The molecular weight excluding hydrogens is 192 g/mol. The Morgan fingerprint density at radius 1 is 1.27 bits per heavy atom. The van der Waals surface area contributed by atoms with Gasteiger partial charge >= 0.3 is 0 Å². The van der Waals surface area contributed by atoms with E-state index in [9.17, 15) is 9.59 Å². The Labute approximate surface area is 91.6 Å². The second kappa shape index (κ2) is 6.43. The maximum atomic E-state index is 11.5. The Kier molecular flexibility index (Phi) is 5.97. The fraction of sp³-hybridized carbons (Fsp3) is 0.818. The number of hydrogen-bond donors (Lipinski definition) is 2. The molecule has 88 valence electrons. The lowest BCUT2D eigenvalue weighted by Crippen LogP contribution is -2.48. The van der Waals surface area contributed by atoms with Crippen molar-refractivity contribution < 1.29 is 9.59 Å². The van der Waals surface area contributed by atoms with Gasteiger partial charge in [0.1, 0.15) is 6.04 Å². The van der Waals surface area contributed by atoms with Crippen molar-refractivity contribution in [3.05, 3.63) is 0 Å². The van der Waals surface area contributed by atoms with Crippen molar-refractivity contribution in [3.63, 3.8) is 0 Å². The monoisotopic (exact) mass is 214 g/mol. The Morgan fingerprint density at radius 2 is 1.80 bits per heavy atom. The van der Waals surface area contributed by atoms with Gasteiger partial charge in [0, 0.05) is 6.42 Å². The SMILES string of the molecule is CC[C@H](C)[C@@H](NC(=O)CC(C)C)C(N)=O. The average Bonchev–Trinajstić information content (AvgIpc) is 2.11. The number of hydrogen-bond acceptors (Lipinski definition) is 2. The lowest BCUT2D eigenvalue weighted by Gasteiger charge is -2.21. The first kappa shape index (κ1) is 13.9. The van der Waals surface area contributed by atoms with Crippen molar-refractivity contribution in [2.45, 2.75) is 46.6 Å². The second-order valence-corrected chi connectivity index (χ2v) is 4.43. The van der Waals surface area contributed by atoms with E-state index in [4.69, 9.17) is 5.73 Å². The summed E-state index contributed by atoms with van der Waals surface area (Å²) in [7, 11) is 0. The lowest BCUT2D eigenvalue weighted by molar-refractivity contribution is -0.128. The van der Waals surface area contributed by atoms with Gasteiger partial charge < -0.3 is 11.1 Å². The molecule has 0 aliphatic carbocycles. The molecule has 0 aromatic rings. The average molecular weight is 214 g/mol. The van der Waals surface area contributed by atoms with E-state index < -0.39 is 11.9 Å². The van der Waals surface area contributed by atoms with E-state index in [1.165, 1.54) is 0 Å². The van der Waals surface area contributed by atoms with Gasteiger partial charge in [-0.1, -0.05) is 34.1 Å². The molecule has 0 aliphatic heterocycles. The van der Waals surface area contributed by atoms with Crippen LogP contribution in [0.5, 0.6) is 0 Å². The summed E-state index contributed by atoms with van der Waals surface area (Å²) in [5.41, 5.74) is 5.24. The highest BCUT2D eigenvalue weighted by Gasteiger charge is 2.23. The van der Waals surface area contributed by atoms with Crippen molar-refractivity contribution in [3.8, 4) is 0 Å². The second-order valence-electron chi connectivity index (χ2n) is 4.43. The van der Waals surface area contributed by atoms with Gasteiger partial charge in [0.05, 0.1) is 0 Å². The zero-order valence-corrected chi connectivity index (χ0v) is 10.0. The molecule has 0 spiro atoms. The molecule has 0 radical (unpaired) electrons. The number of carbonyl (C=O) groups excluding carboxylic acids is 2. The summed E-state index contributed by atoms with van der Waals surface area (Å²) in [6.07, 6.45) is 1.25. The Balaban J connectivity index is 4.29. The third kappa shape index (κ3) is 5.40. The summed E-state index contributed by atoms with van der Waals surface area (Å²) in [5, 5.41) is 2.68. The van der Waals surface area contributed by atoms with Crippen LogP contribution >= 0.6 is 0 Å². The smallest absolute Gasteiger partial charge is 0.240 e. The van der Waals surface area contributed by atoms with Gasteiger partial charge in [-0.3, -0.25) is 9.59 Å². The molecule has 2 amide bonds. The molecule has 0 aliphatic rings. The molecule has 4 nitrogen and oxygen atoms in total. The summed E-state index contributed by atoms with van der Waals surface area (Å²) in [4.78, 5) is 22.6. The van der Waals surface area contributed by atoms with E-state index in [1.807, 2.05) is 27.7 Å². The quantitative estimate of drug-likeness (QED) is 0.693. The highest BCUT2D eigenvalue weighted by atomic mass is 16.2. The molecule has 15 heavy (non-hydrogen) atoms. The minimum absolute atomic E-state index is 0.0820. The normalized spacial score (nSPS) is 14.7. The number of primary amides is 1. The van der Waals surface area contributed by atoms with E-state index in [2.05, 4.69) is 5.32 Å². The van der Waals surface area contributed by atoms with Crippen molar-refractivity contribution >= 4 is 11.8 Å². The zero-order chi connectivity index (χ0) is 12.0. The van der Waals surface area contributed by atoms with Crippen LogP contribution in [0.2, 0.25) is 0 Å². The summed E-state index contributed by atoms with van der Waals surface area (Å²) in [5.74, 6) is -0.190. The highest BCUT2D eigenvalue weighted by Crippen LogP contribution is 2.08. The van der Waals surface area contributed by atoms with Crippen LogP contribution in [0.15, 0.2) is 0 Å². The van der Waals surface area contributed by atoms with E-state index >= 15 is 0 Å². The lowest BCUT2D eigenvalue weighted by atomic mass is 9.98. The van der Waals surface area contributed by atoms with E-state index in [0.29, 0.717) is 6.42 Å². The molecule has 3 N–H and O–H groups in total. The molecule has 0 aromatic heterocycles. The summed E-state index contributed by atoms with van der Waals surface area (Å²) in [6, 6.07) is -0.541. The molecule has 0 heterocycles. The first-order chi connectivity index (χ1) is 6.88. The number of amides is 2. The molecule has 2 atom stereocenters. The predicted molar refractivity (Wildman–Crippen MR) is 60.0 cm³/mol. The van der Waals surface area contributed by atoms with Gasteiger partial charge in [-0.15, -0.1) is 0 Å². The molecule has 4 heteroatoms. The summed E-state index contributed by atoms with van der Waals surface area (Å²) >= 11 is 0. The minimum atomic E-state index is -0.541. The van der Waals surface area contributed by atoms with E-state index in [-0.39, 0.29) is 17.7 Å². The van der Waals surface area contributed by atoms with Gasteiger partial charge in [0.25, 0.3) is 0 Å². The van der Waals surface area contributed by atoms with Gasteiger partial charge in [-0.2, -0.15) is 0 Å². The number of carbonyl (C=O) groups is 2. The van der Waals surface area contributed by atoms with Crippen molar-refractivity contribution in [1.82, 2.24) is 5.32 Å². The van der Waals surface area contributed by atoms with Gasteiger partial charge in [-0.05, 0) is 11.8 Å². The largest absolute Gasteiger partial charge is 0.368 e. The highest BCUT2D eigenvalue weighted by molar-refractivity contribution is 5.86. The standard InChI is InChI=1S/C11H22N2O2/c1-5-8(4)10(11(12)15)13-9(14)6-7(2)3/h7-8,10H,5-6H2,1-4H3,(H2,12,15)(H,13,14)/t8-,10+/m0/s1. The van der Waals surface area contributed by atoms with Crippen molar-refractivity contribution in [2.24, 2.45) is 17.6 Å². The maximum absolute atomic E-state index is 11.5. The molecule has 0 unspecified atom stereocenters. The van der Waals surface area contributed by atoms with Gasteiger partial charge in [-0.25, -0.2) is 0 Å². The first-order valence-corrected chi connectivity index (χ1v) is 5.47. The van der Waals surface area contributed by atoms with Crippen molar-refractivity contribution in [2.75, 3.05) is 0 Å². The first-order valence-electron chi connectivity index (χ1n) is 5.47. The van der Waals surface area contributed by atoms with Gasteiger partial charge in [0.2, 0.25) is 11.8 Å². The zero-order valence-electron chi connectivity index (χ0n) is 10.0. The molecule has 0 aromatic carbocycles. The molecular formula is C11H22N2O2. The fourth-order valence-corrected chi connectivity index (χ4v) is 1.33. The van der Waals surface area contributed by atoms with Crippen LogP contribution in [0.3, 0.4) is 0 Å². The van der Waals surface area contributed by atoms with Crippen LogP contribution in [0.1, 0.15) is 40.5 Å². The molecule has 0 saturated carbocycles. The van der Waals surface area contributed by atoms with E-state index in [0.717, 1.165) is 6.42 Å². The molecule has 0 bridgehead atoms.